The highest BCUT2D eigenvalue weighted by atomic mass is 16.3. The van der Waals surface area contributed by atoms with Crippen LogP contribution in [0.1, 0.15) is 36.6 Å². The third-order valence-corrected chi connectivity index (χ3v) is 6.48. The molecule has 0 atom stereocenters. The fraction of sp³-hybridized carbons (Fsp3) is 0.0294. The molecule has 0 aliphatic carbocycles. The Morgan fingerprint density at radius 1 is 0.643 bits per heavy atom. The summed E-state index contributed by atoms with van der Waals surface area (Å²) in [6.07, 6.45) is 4.06. The van der Waals surface area contributed by atoms with Gasteiger partial charge in [0.2, 0.25) is 0 Å². The maximum Gasteiger partial charge on any atom is 0.256 e. The molecule has 0 aliphatic rings. The second-order valence-corrected chi connectivity index (χ2v) is 9.27. The molecule has 3 N–H and O–H groups in total. The van der Waals surface area contributed by atoms with Crippen molar-refractivity contribution in [3.8, 4) is 0 Å². The van der Waals surface area contributed by atoms with Crippen molar-refractivity contribution in [1.29, 1.82) is 0 Å². The average Bonchev–Trinajstić information content (AvgIpc) is 3.05. The predicted molar refractivity (Wildman–Crippen MR) is 164 cm³/mol. The zero-order chi connectivity index (χ0) is 29.3. The van der Waals surface area contributed by atoms with E-state index in [0.717, 1.165) is 33.4 Å². The van der Waals surface area contributed by atoms with Crippen LogP contribution < -0.4 is 10.6 Å². The SMILES string of the molecule is O=C(Nc1nccc2ccc(CO)cc12)c1ccccc1.O=Cc1ccc2ccnc(NC(=O)c3ccccc3)c2c1. The number of rotatable bonds is 6. The topological polar surface area (TPSA) is 121 Å². The van der Waals surface area contributed by atoms with E-state index < -0.39 is 0 Å². The van der Waals surface area contributed by atoms with Crippen LogP contribution in [-0.2, 0) is 6.61 Å². The van der Waals surface area contributed by atoms with Gasteiger partial charge in [0.25, 0.3) is 11.8 Å². The van der Waals surface area contributed by atoms with E-state index in [0.29, 0.717) is 28.3 Å². The molecule has 8 heteroatoms. The number of nitrogens with zero attached hydrogens (tertiary/aromatic N) is 2. The van der Waals surface area contributed by atoms with E-state index in [-0.39, 0.29) is 18.4 Å². The first-order valence-electron chi connectivity index (χ1n) is 13.1. The highest BCUT2D eigenvalue weighted by Crippen LogP contribution is 2.24. The van der Waals surface area contributed by atoms with Crippen LogP contribution in [-0.4, -0.2) is 33.2 Å². The fourth-order valence-electron chi connectivity index (χ4n) is 4.31. The minimum Gasteiger partial charge on any atom is -0.392 e. The number of aliphatic hydroxyl groups excluding tert-OH is 1. The number of nitrogens with one attached hydrogen (secondary N) is 2. The molecular formula is C34H26N4O4. The molecule has 0 saturated heterocycles. The van der Waals surface area contributed by atoms with Crippen molar-refractivity contribution in [2.45, 2.75) is 6.61 Å². The molecule has 0 saturated carbocycles. The molecule has 2 aromatic heterocycles. The van der Waals surface area contributed by atoms with Crippen LogP contribution in [0, 0.1) is 0 Å². The van der Waals surface area contributed by atoms with Gasteiger partial charge in [-0.3, -0.25) is 14.4 Å². The number of benzene rings is 4. The van der Waals surface area contributed by atoms with Crippen LogP contribution in [0.2, 0.25) is 0 Å². The van der Waals surface area contributed by atoms with Gasteiger partial charge in [0.1, 0.15) is 17.9 Å². The van der Waals surface area contributed by atoms with Gasteiger partial charge in [-0.05, 0) is 64.9 Å². The minimum absolute atomic E-state index is 0.0447. The Labute approximate surface area is 241 Å². The molecule has 4 aromatic carbocycles. The fourth-order valence-corrected chi connectivity index (χ4v) is 4.31. The van der Waals surface area contributed by atoms with E-state index in [2.05, 4.69) is 20.6 Å². The van der Waals surface area contributed by atoms with Gasteiger partial charge in [-0.25, -0.2) is 9.97 Å². The molecule has 0 bridgehead atoms. The van der Waals surface area contributed by atoms with Crippen LogP contribution in [0.3, 0.4) is 0 Å². The number of fused-ring (bicyclic) bond motifs is 2. The number of carbonyl (C=O) groups excluding carboxylic acids is 3. The number of anilines is 2. The molecule has 6 rings (SSSR count). The summed E-state index contributed by atoms with van der Waals surface area (Å²) in [4.78, 5) is 43.7. The lowest BCUT2D eigenvalue weighted by molar-refractivity contribution is 0.101. The molecule has 206 valence electrons. The van der Waals surface area contributed by atoms with Crippen LogP contribution >= 0.6 is 0 Å². The van der Waals surface area contributed by atoms with Crippen molar-refractivity contribution >= 4 is 51.3 Å². The number of carbonyl (C=O) groups is 3. The summed E-state index contributed by atoms with van der Waals surface area (Å²) in [5.41, 5.74) is 2.47. The van der Waals surface area contributed by atoms with E-state index in [4.69, 9.17) is 0 Å². The lowest BCUT2D eigenvalue weighted by atomic mass is 10.1. The molecule has 8 nitrogen and oxygen atoms in total. The summed E-state index contributed by atoms with van der Waals surface area (Å²) < 4.78 is 0. The first-order chi connectivity index (χ1) is 20.6. The number of aliphatic hydroxyl groups is 1. The number of amides is 2. The number of pyridine rings is 2. The molecule has 2 heterocycles. The average molecular weight is 555 g/mol. The van der Waals surface area contributed by atoms with Gasteiger partial charge in [0.05, 0.1) is 6.61 Å². The second-order valence-electron chi connectivity index (χ2n) is 9.27. The highest BCUT2D eigenvalue weighted by molar-refractivity contribution is 6.09. The summed E-state index contributed by atoms with van der Waals surface area (Å²) in [6, 6.07) is 32.5. The first kappa shape index (κ1) is 27.8. The normalized spacial score (nSPS) is 10.4. The number of aromatic nitrogens is 2. The first-order valence-corrected chi connectivity index (χ1v) is 13.1. The smallest absolute Gasteiger partial charge is 0.256 e. The number of aldehydes is 1. The number of hydrogen-bond acceptors (Lipinski definition) is 6. The quantitative estimate of drug-likeness (QED) is 0.208. The van der Waals surface area contributed by atoms with Crippen molar-refractivity contribution in [3.63, 3.8) is 0 Å². The van der Waals surface area contributed by atoms with Gasteiger partial charge >= 0.3 is 0 Å². The Morgan fingerprint density at radius 2 is 1.14 bits per heavy atom. The Balaban J connectivity index is 0.000000168. The van der Waals surface area contributed by atoms with Crippen LogP contribution in [0.25, 0.3) is 21.5 Å². The molecule has 2 amide bonds. The largest absolute Gasteiger partial charge is 0.392 e. The van der Waals surface area contributed by atoms with Gasteiger partial charge in [0.15, 0.2) is 0 Å². The van der Waals surface area contributed by atoms with Crippen molar-refractivity contribution in [3.05, 3.63) is 144 Å². The van der Waals surface area contributed by atoms with Crippen molar-refractivity contribution < 1.29 is 19.5 Å². The van der Waals surface area contributed by atoms with Crippen LogP contribution in [0.4, 0.5) is 11.6 Å². The molecular weight excluding hydrogens is 528 g/mol. The summed E-state index contributed by atoms with van der Waals surface area (Å²) in [6.45, 7) is -0.0447. The summed E-state index contributed by atoms with van der Waals surface area (Å²) in [7, 11) is 0. The van der Waals surface area contributed by atoms with E-state index in [9.17, 15) is 19.5 Å². The molecule has 42 heavy (non-hydrogen) atoms. The van der Waals surface area contributed by atoms with E-state index in [1.165, 1.54) is 0 Å². The molecule has 0 fully saturated rings. The minimum atomic E-state index is -0.230. The van der Waals surface area contributed by atoms with Crippen molar-refractivity contribution in [2.75, 3.05) is 10.6 Å². The van der Waals surface area contributed by atoms with E-state index in [1.54, 1.807) is 60.9 Å². The zero-order valence-corrected chi connectivity index (χ0v) is 22.4. The van der Waals surface area contributed by atoms with Gasteiger partial charge in [0, 0.05) is 39.9 Å². The van der Waals surface area contributed by atoms with Crippen LogP contribution in [0.5, 0.6) is 0 Å². The molecule has 0 unspecified atom stereocenters. The van der Waals surface area contributed by atoms with Gasteiger partial charge in [-0.1, -0.05) is 60.7 Å². The van der Waals surface area contributed by atoms with E-state index >= 15 is 0 Å². The molecule has 0 radical (unpaired) electrons. The zero-order valence-electron chi connectivity index (χ0n) is 22.4. The monoisotopic (exact) mass is 554 g/mol. The maximum atomic E-state index is 12.2. The molecule has 0 spiro atoms. The Hall–Kier alpha value is -5.73. The predicted octanol–water partition coefficient (Wildman–Crippen LogP) is 6.28. The summed E-state index contributed by atoms with van der Waals surface area (Å²) in [5.74, 6) is 0.513. The van der Waals surface area contributed by atoms with E-state index in [1.807, 2.05) is 60.7 Å². The van der Waals surface area contributed by atoms with Crippen molar-refractivity contribution in [1.82, 2.24) is 9.97 Å². The third kappa shape index (κ3) is 6.52. The van der Waals surface area contributed by atoms with Gasteiger partial charge in [-0.15, -0.1) is 0 Å². The van der Waals surface area contributed by atoms with Gasteiger partial charge in [-0.2, -0.15) is 0 Å². The Bertz CT molecular complexity index is 1880. The standard InChI is InChI=1S/C17H14N2O2.C17H12N2O2/c2*20-11-12-6-7-13-8-9-18-16(15(13)10-12)19-17(21)14-4-2-1-3-5-14/h1-10,20H,11H2,(H,18,19,21);1-11H,(H,18,19,21). The summed E-state index contributed by atoms with van der Waals surface area (Å²) >= 11 is 0. The Morgan fingerprint density at radius 3 is 1.64 bits per heavy atom. The second kappa shape index (κ2) is 13.1. The summed E-state index contributed by atoms with van der Waals surface area (Å²) in [5, 5.41) is 18.3. The van der Waals surface area contributed by atoms with Gasteiger partial charge < -0.3 is 15.7 Å². The van der Waals surface area contributed by atoms with Crippen LogP contribution in [0.15, 0.2) is 122 Å². The lowest BCUT2D eigenvalue weighted by Crippen LogP contribution is -2.13. The third-order valence-electron chi connectivity index (χ3n) is 6.48. The molecule has 6 aromatic rings. The Kier molecular flexibility index (Phi) is 8.67. The lowest BCUT2D eigenvalue weighted by Gasteiger charge is -2.08. The highest BCUT2D eigenvalue weighted by Gasteiger charge is 2.11. The van der Waals surface area contributed by atoms with Crippen molar-refractivity contribution in [2.24, 2.45) is 0 Å². The molecule has 0 aliphatic heterocycles. The number of hydrogen-bond donors (Lipinski definition) is 3. The maximum absolute atomic E-state index is 12.2.